The molecule has 0 saturated carbocycles. The van der Waals surface area contributed by atoms with E-state index in [1.807, 2.05) is 6.92 Å². The molecular weight excluding hydrogens is 142 g/mol. The lowest BCUT2D eigenvalue weighted by Crippen LogP contribution is -1.95. The lowest BCUT2D eigenvalue weighted by atomic mass is 10.4. The van der Waals surface area contributed by atoms with Crippen molar-refractivity contribution in [1.82, 2.24) is 0 Å². The lowest BCUT2D eigenvalue weighted by molar-refractivity contribution is 0.136. The van der Waals surface area contributed by atoms with E-state index in [2.05, 4.69) is 12.1 Å². The summed E-state index contributed by atoms with van der Waals surface area (Å²) >= 11 is 0. The Morgan fingerprint density at radius 1 is 1.36 bits per heavy atom. The van der Waals surface area contributed by atoms with E-state index in [0.717, 1.165) is 19.4 Å². The first kappa shape index (κ1) is 10.4. The van der Waals surface area contributed by atoms with E-state index in [-0.39, 0.29) is 0 Å². The fourth-order valence-corrected chi connectivity index (χ4v) is 0.515. The molecule has 3 heteroatoms. The molecule has 0 aliphatic heterocycles. The standard InChI is InChI=1S/C8H17NO2/c1-3-5-7-11-9-6-8-10-4-2/h6H,3-5,7-8H2,1-2H3. The first-order valence-corrected chi connectivity index (χ1v) is 4.13. The molecular formula is C8H17NO2. The van der Waals surface area contributed by atoms with Gasteiger partial charge >= 0.3 is 0 Å². The van der Waals surface area contributed by atoms with Crippen molar-refractivity contribution in [3.05, 3.63) is 0 Å². The number of hydrogen-bond donors (Lipinski definition) is 0. The van der Waals surface area contributed by atoms with Crippen LogP contribution in [0.3, 0.4) is 0 Å². The van der Waals surface area contributed by atoms with E-state index >= 15 is 0 Å². The second kappa shape index (κ2) is 9.43. The number of hydrogen-bond acceptors (Lipinski definition) is 3. The zero-order valence-corrected chi connectivity index (χ0v) is 7.38. The topological polar surface area (TPSA) is 30.8 Å². The van der Waals surface area contributed by atoms with Crippen LogP contribution >= 0.6 is 0 Å². The monoisotopic (exact) mass is 159 g/mol. The summed E-state index contributed by atoms with van der Waals surface area (Å²) in [5.74, 6) is 0. The van der Waals surface area contributed by atoms with Crippen LogP contribution in [0.5, 0.6) is 0 Å². The van der Waals surface area contributed by atoms with Crippen LogP contribution in [0, 0.1) is 0 Å². The average Bonchev–Trinajstić information content (AvgIpc) is 2.03. The molecule has 0 spiro atoms. The molecule has 0 aromatic heterocycles. The van der Waals surface area contributed by atoms with Crippen molar-refractivity contribution in [1.29, 1.82) is 0 Å². The van der Waals surface area contributed by atoms with E-state index in [1.54, 1.807) is 6.21 Å². The molecule has 0 heterocycles. The molecule has 0 rings (SSSR count). The fraction of sp³-hybridized carbons (Fsp3) is 0.875. The molecule has 66 valence electrons. The maximum absolute atomic E-state index is 5.01. The highest BCUT2D eigenvalue weighted by atomic mass is 16.6. The van der Waals surface area contributed by atoms with Crippen molar-refractivity contribution in [3.8, 4) is 0 Å². The van der Waals surface area contributed by atoms with Crippen molar-refractivity contribution in [2.75, 3.05) is 19.8 Å². The van der Waals surface area contributed by atoms with Gasteiger partial charge in [0.25, 0.3) is 0 Å². The minimum atomic E-state index is 0.544. The van der Waals surface area contributed by atoms with E-state index in [0.29, 0.717) is 13.2 Å². The molecule has 0 amide bonds. The Kier molecular flexibility index (Phi) is 8.94. The Morgan fingerprint density at radius 2 is 2.18 bits per heavy atom. The van der Waals surface area contributed by atoms with Crippen LogP contribution in [0.15, 0.2) is 5.16 Å². The predicted molar refractivity (Wildman–Crippen MR) is 45.8 cm³/mol. The van der Waals surface area contributed by atoms with Gasteiger partial charge in [-0.15, -0.1) is 0 Å². The van der Waals surface area contributed by atoms with Gasteiger partial charge in [0.05, 0.1) is 12.8 Å². The highest BCUT2D eigenvalue weighted by Gasteiger charge is 1.81. The van der Waals surface area contributed by atoms with Gasteiger partial charge in [-0.2, -0.15) is 0 Å². The fourth-order valence-electron chi connectivity index (χ4n) is 0.515. The van der Waals surface area contributed by atoms with Gasteiger partial charge in [-0.25, -0.2) is 0 Å². The number of rotatable bonds is 7. The zero-order valence-electron chi connectivity index (χ0n) is 7.38. The van der Waals surface area contributed by atoms with Gasteiger partial charge in [-0.3, -0.25) is 0 Å². The summed E-state index contributed by atoms with van der Waals surface area (Å²) in [5, 5.41) is 3.70. The van der Waals surface area contributed by atoms with Crippen LogP contribution in [-0.4, -0.2) is 26.0 Å². The van der Waals surface area contributed by atoms with E-state index in [1.165, 1.54) is 0 Å². The average molecular weight is 159 g/mol. The lowest BCUT2D eigenvalue weighted by Gasteiger charge is -1.95. The van der Waals surface area contributed by atoms with E-state index in [4.69, 9.17) is 9.57 Å². The summed E-state index contributed by atoms with van der Waals surface area (Å²) in [4.78, 5) is 4.91. The molecule has 0 atom stereocenters. The van der Waals surface area contributed by atoms with Crippen molar-refractivity contribution in [2.24, 2.45) is 5.16 Å². The molecule has 0 aliphatic rings. The second-order valence-corrected chi connectivity index (χ2v) is 2.13. The first-order valence-electron chi connectivity index (χ1n) is 4.13. The third-order valence-corrected chi connectivity index (χ3v) is 1.13. The predicted octanol–water partition coefficient (Wildman–Crippen LogP) is 1.83. The van der Waals surface area contributed by atoms with E-state index in [9.17, 15) is 0 Å². The van der Waals surface area contributed by atoms with Crippen LogP contribution in [0.1, 0.15) is 26.7 Å². The SMILES string of the molecule is CCCCON=CCOCC. The maximum Gasteiger partial charge on any atom is 0.117 e. The highest BCUT2D eigenvalue weighted by molar-refractivity contribution is 5.57. The van der Waals surface area contributed by atoms with Crippen molar-refractivity contribution >= 4 is 6.21 Å². The van der Waals surface area contributed by atoms with Gasteiger partial charge in [0.1, 0.15) is 6.61 Å². The molecule has 3 nitrogen and oxygen atoms in total. The Morgan fingerprint density at radius 3 is 2.82 bits per heavy atom. The Hall–Kier alpha value is -0.570. The molecule has 0 N–H and O–H groups in total. The Balaban J connectivity index is 2.91. The molecule has 0 aromatic rings. The van der Waals surface area contributed by atoms with Crippen LogP contribution in [0.4, 0.5) is 0 Å². The number of unbranched alkanes of at least 4 members (excludes halogenated alkanes) is 1. The summed E-state index contributed by atoms with van der Waals surface area (Å²) < 4.78 is 5.01. The maximum atomic E-state index is 5.01. The molecule has 0 aromatic carbocycles. The first-order chi connectivity index (χ1) is 5.41. The van der Waals surface area contributed by atoms with Gasteiger partial charge in [-0.05, 0) is 13.3 Å². The number of ether oxygens (including phenoxy) is 1. The molecule has 11 heavy (non-hydrogen) atoms. The quantitative estimate of drug-likeness (QED) is 0.322. The molecule has 0 aliphatic carbocycles. The third-order valence-electron chi connectivity index (χ3n) is 1.13. The Labute approximate surface area is 68.4 Å². The van der Waals surface area contributed by atoms with Gasteiger partial charge in [-0.1, -0.05) is 18.5 Å². The van der Waals surface area contributed by atoms with Crippen LogP contribution in [0.2, 0.25) is 0 Å². The van der Waals surface area contributed by atoms with Gasteiger partial charge in [0.2, 0.25) is 0 Å². The van der Waals surface area contributed by atoms with Crippen molar-refractivity contribution in [3.63, 3.8) is 0 Å². The van der Waals surface area contributed by atoms with Crippen LogP contribution < -0.4 is 0 Å². The summed E-state index contributed by atoms with van der Waals surface area (Å²) in [6.07, 6.45) is 3.84. The largest absolute Gasteiger partial charge is 0.396 e. The van der Waals surface area contributed by atoms with Crippen LogP contribution in [-0.2, 0) is 9.57 Å². The summed E-state index contributed by atoms with van der Waals surface area (Å²) in [6, 6.07) is 0. The van der Waals surface area contributed by atoms with Crippen molar-refractivity contribution < 1.29 is 9.57 Å². The highest BCUT2D eigenvalue weighted by Crippen LogP contribution is 1.86. The Bertz CT molecular complexity index is 94.1. The van der Waals surface area contributed by atoms with Gasteiger partial charge < -0.3 is 9.57 Å². The summed E-state index contributed by atoms with van der Waals surface area (Å²) in [6.45, 7) is 6.04. The molecule has 0 bridgehead atoms. The smallest absolute Gasteiger partial charge is 0.117 e. The second-order valence-electron chi connectivity index (χ2n) is 2.13. The minimum Gasteiger partial charge on any atom is -0.396 e. The van der Waals surface area contributed by atoms with Crippen LogP contribution in [0.25, 0.3) is 0 Å². The normalized spacial score (nSPS) is 10.7. The zero-order chi connectivity index (χ0) is 8.36. The summed E-state index contributed by atoms with van der Waals surface area (Å²) in [7, 11) is 0. The molecule has 0 radical (unpaired) electrons. The van der Waals surface area contributed by atoms with E-state index < -0.39 is 0 Å². The molecule has 0 fully saturated rings. The minimum absolute atomic E-state index is 0.544. The summed E-state index contributed by atoms with van der Waals surface area (Å²) in [5.41, 5.74) is 0. The molecule has 0 saturated heterocycles. The third kappa shape index (κ3) is 9.43. The van der Waals surface area contributed by atoms with Gasteiger partial charge in [0.15, 0.2) is 0 Å². The molecule has 0 unspecified atom stereocenters. The van der Waals surface area contributed by atoms with Crippen molar-refractivity contribution in [2.45, 2.75) is 26.7 Å². The number of nitrogens with zero attached hydrogens (tertiary/aromatic N) is 1. The number of oxime groups is 1. The van der Waals surface area contributed by atoms with Gasteiger partial charge in [0, 0.05) is 6.61 Å².